The SMILES string of the molecule is CC(C)C(NC(=O)Cn1c(-c2ccccc2)cc(C(=O)NC(C)(C)Cc2ccccc2)c(NC(=O)OCc2ccccc2)c1=O)C(O[Si](C)(C)C(C)(C)C)C(F)(F)F. The summed E-state index contributed by atoms with van der Waals surface area (Å²) in [6.07, 6.45) is -7.77. The van der Waals surface area contributed by atoms with Crippen LogP contribution < -0.4 is 21.5 Å². The average Bonchev–Trinajstić information content (AvgIpc) is 3.13. The lowest BCUT2D eigenvalue weighted by molar-refractivity contribution is -0.210. The first-order chi connectivity index (χ1) is 27.0. The second kappa shape index (κ2) is 18.6. The predicted octanol–water partition coefficient (Wildman–Crippen LogP) is 9.11. The summed E-state index contributed by atoms with van der Waals surface area (Å²) in [5.74, 6) is -2.33. The highest BCUT2D eigenvalue weighted by Gasteiger charge is 2.52. The van der Waals surface area contributed by atoms with Crippen molar-refractivity contribution in [3.63, 3.8) is 0 Å². The molecule has 58 heavy (non-hydrogen) atoms. The van der Waals surface area contributed by atoms with Gasteiger partial charge >= 0.3 is 12.3 Å². The Hall–Kier alpha value is -5.21. The van der Waals surface area contributed by atoms with Gasteiger partial charge in [-0.05, 0) is 67.1 Å². The van der Waals surface area contributed by atoms with Gasteiger partial charge in [-0.2, -0.15) is 13.2 Å². The van der Waals surface area contributed by atoms with Crippen LogP contribution in [0.25, 0.3) is 11.3 Å². The number of nitrogens with one attached hydrogen (secondary N) is 3. The third-order valence-electron chi connectivity index (χ3n) is 10.2. The van der Waals surface area contributed by atoms with Gasteiger partial charge in [0.1, 0.15) is 18.8 Å². The standard InChI is InChI=1S/C44H55F3N4O6Si/c1-29(2)36(38(44(45,46)47)57-58(8,9)42(3,4)5)48-35(52)27-51-34(32-23-17-12-18-24-32)25-33(39(53)50-43(6,7)26-30-19-13-10-14-20-30)37(40(51)54)49-41(55)56-28-31-21-15-11-16-22-31/h10-25,29,36,38H,26-28H2,1-9H3,(H,48,52)(H,49,55)(H,50,53). The van der Waals surface area contributed by atoms with Crippen molar-refractivity contribution in [2.45, 2.75) is 110 Å². The van der Waals surface area contributed by atoms with Gasteiger partial charge in [0.25, 0.3) is 11.5 Å². The number of rotatable bonds is 15. The summed E-state index contributed by atoms with van der Waals surface area (Å²) < 4.78 is 56.7. The number of anilines is 1. The molecule has 4 rings (SSSR count). The second-order valence-electron chi connectivity index (χ2n) is 16.9. The first-order valence-electron chi connectivity index (χ1n) is 19.2. The molecule has 10 nitrogen and oxygen atoms in total. The fraction of sp³-hybridized carbons (Fsp3) is 0.409. The molecular weight excluding hydrogens is 766 g/mol. The van der Waals surface area contributed by atoms with Gasteiger partial charge in [0.2, 0.25) is 5.91 Å². The first-order valence-corrected chi connectivity index (χ1v) is 22.1. The maximum absolute atomic E-state index is 14.8. The molecule has 4 aromatic rings. The lowest BCUT2D eigenvalue weighted by Crippen LogP contribution is -2.59. The minimum atomic E-state index is -4.83. The van der Waals surface area contributed by atoms with Crippen molar-refractivity contribution < 1.29 is 36.7 Å². The number of nitrogens with zero attached hydrogens (tertiary/aromatic N) is 1. The Labute approximate surface area is 339 Å². The molecule has 3 amide bonds. The third kappa shape index (κ3) is 12.2. The largest absolute Gasteiger partial charge is 0.444 e. The molecule has 0 spiro atoms. The minimum absolute atomic E-state index is 0.112. The van der Waals surface area contributed by atoms with E-state index >= 15 is 0 Å². The summed E-state index contributed by atoms with van der Waals surface area (Å²) >= 11 is 0. The van der Waals surface area contributed by atoms with Crippen LogP contribution in [-0.2, 0) is 33.5 Å². The number of benzene rings is 3. The number of carbonyl (C=O) groups is 3. The van der Waals surface area contributed by atoms with Gasteiger partial charge in [-0.1, -0.05) is 126 Å². The van der Waals surface area contributed by atoms with Crippen molar-refractivity contribution in [3.8, 4) is 11.3 Å². The zero-order valence-electron chi connectivity index (χ0n) is 34.6. The fourth-order valence-electron chi connectivity index (χ4n) is 6.14. The Balaban J connectivity index is 1.80. The van der Waals surface area contributed by atoms with Gasteiger partial charge in [0, 0.05) is 5.54 Å². The van der Waals surface area contributed by atoms with Crippen molar-refractivity contribution in [1.29, 1.82) is 0 Å². The van der Waals surface area contributed by atoms with Crippen LogP contribution in [0.3, 0.4) is 0 Å². The summed E-state index contributed by atoms with van der Waals surface area (Å²) in [5.41, 5.74) is -0.320. The van der Waals surface area contributed by atoms with E-state index in [1.165, 1.54) is 6.07 Å². The van der Waals surface area contributed by atoms with E-state index in [1.54, 1.807) is 87.6 Å². The number of alkyl halides is 3. The number of ether oxygens (including phenoxy) is 1. The minimum Gasteiger partial charge on any atom is -0.444 e. The summed E-state index contributed by atoms with van der Waals surface area (Å²) in [6.45, 7) is 14.7. The third-order valence-corrected chi connectivity index (χ3v) is 14.7. The van der Waals surface area contributed by atoms with Crippen molar-refractivity contribution >= 4 is 31.9 Å². The Kier molecular flexibility index (Phi) is 14.6. The number of hydrogen-bond donors (Lipinski definition) is 3. The molecule has 2 atom stereocenters. The zero-order chi connectivity index (χ0) is 43.1. The van der Waals surface area contributed by atoms with E-state index in [9.17, 15) is 32.3 Å². The summed E-state index contributed by atoms with van der Waals surface area (Å²) in [6, 6.07) is 26.6. The van der Waals surface area contributed by atoms with Crippen molar-refractivity contribution in [3.05, 3.63) is 124 Å². The van der Waals surface area contributed by atoms with E-state index in [2.05, 4.69) is 16.0 Å². The number of halogens is 3. The quantitative estimate of drug-likeness (QED) is 0.103. The van der Waals surface area contributed by atoms with Gasteiger partial charge in [-0.25, -0.2) is 4.79 Å². The van der Waals surface area contributed by atoms with E-state index in [0.29, 0.717) is 17.5 Å². The zero-order valence-corrected chi connectivity index (χ0v) is 35.6. The Morgan fingerprint density at radius 2 is 1.34 bits per heavy atom. The van der Waals surface area contributed by atoms with Gasteiger partial charge < -0.3 is 19.8 Å². The summed E-state index contributed by atoms with van der Waals surface area (Å²) in [7, 11) is -3.00. The molecule has 0 bridgehead atoms. The van der Waals surface area contributed by atoms with Crippen LogP contribution in [0.2, 0.25) is 18.1 Å². The molecule has 1 heterocycles. The van der Waals surface area contributed by atoms with Crippen LogP contribution in [0.15, 0.2) is 102 Å². The highest BCUT2D eigenvalue weighted by Crippen LogP contribution is 2.41. The molecule has 1 aromatic heterocycles. The van der Waals surface area contributed by atoms with Crippen LogP contribution in [0.5, 0.6) is 0 Å². The number of aromatic nitrogens is 1. The highest BCUT2D eigenvalue weighted by molar-refractivity contribution is 6.74. The molecule has 3 aromatic carbocycles. The van der Waals surface area contributed by atoms with Gasteiger partial charge in [0.05, 0.1) is 17.3 Å². The van der Waals surface area contributed by atoms with Crippen LogP contribution in [-0.4, -0.2) is 54.7 Å². The second-order valence-corrected chi connectivity index (χ2v) is 21.7. The monoisotopic (exact) mass is 820 g/mol. The molecule has 0 saturated carbocycles. The average molecular weight is 821 g/mol. The fourth-order valence-corrected chi connectivity index (χ4v) is 7.41. The van der Waals surface area contributed by atoms with Gasteiger partial charge in [-0.15, -0.1) is 0 Å². The van der Waals surface area contributed by atoms with Crippen LogP contribution in [0.1, 0.15) is 70.0 Å². The normalized spacial score (nSPS) is 13.4. The van der Waals surface area contributed by atoms with Crippen LogP contribution >= 0.6 is 0 Å². The number of amides is 3. The molecule has 3 N–H and O–H groups in total. The predicted molar refractivity (Wildman–Crippen MR) is 223 cm³/mol. The molecule has 0 aliphatic carbocycles. The molecule has 0 radical (unpaired) electrons. The van der Waals surface area contributed by atoms with Gasteiger partial charge in [0.15, 0.2) is 14.4 Å². The van der Waals surface area contributed by atoms with Crippen LogP contribution in [0.4, 0.5) is 23.7 Å². The van der Waals surface area contributed by atoms with Crippen molar-refractivity contribution in [1.82, 2.24) is 15.2 Å². The van der Waals surface area contributed by atoms with E-state index < -0.39 is 78.8 Å². The molecular formula is C44H55F3N4O6Si. The number of carbonyl (C=O) groups excluding carboxylic acids is 3. The number of hydrogen-bond acceptors (Lipinski definition) is 6. The molecule has 14 heteroatoms. The molecule has 0 saturated heterocycles. The van der Waals surface area contributed by atoms with Crippen LogP contribution in [0, 0.1) is 5.92 Å². The topological polar surface area (TPSA) is 128 Å². The van der Waals surface area contributed by atoms with E-state index in [-0.39, 0.29) is 17.9 Å². The lowest BCUT2D eigenvalue weighted by Gasteiger charge is -2.42. The summed E-state index contributed by atoms with van der Waals surface area (Å²) in [4.78, 5) is 56.1. The number of pyridine rings is 1. The smallest absolute Gasteiger partial charge is 0.415 e. The molecule has 0 aliphatic heterocycles. The Bertz CT molecular complexity index is 2080. The van der Waals surface area contributed by atoms with E-state index in [0.717, 1.165) is 10.1 Å². The maximum atomic E-state index is 14.8. The Morgan fingerprint density at radius 3 is 1.86 bits per heavy atom. The lowest BCUT2D eigenvalue weighted by atomic mass is 9.94. The first kappa shape index (κ1) is 45.5. The summed E-state index contributed by atoms with van der Waals surface area (Å²) in [5, 5.41) is 7.39. The highest BCUT2D eigenvalue weighted by atomic mass is 28.4. The van der Waals surface area contributed by atoms with Crippen molar-refractivity contribution in [2.24, 2.45) is 5.92 Å². The molecule has 0 aliphatic rings. The van der Waals surface area contributed by atoms with Crippen molar-refractivity contribution in [2.75, 3.05) is 5.32 Å². The van der Waals surface area contributed by atoms with E-state index in [4.69, 9.17) is 9.16 Å². The molecule has 312 valence electrons. The maximum Gasteiger partial charge on any atom is 0.415 e. The van der Waals surface area contributed by atoms with E-state index in [1.807, 2.05) is 65.0 Å². The Morgan fingerprint density at radius 1 is 0.810 bits per heavy atom. The molecule has 2 unspecified atom stereocenters. The van der Waals surface area contributed by atoms with Gasteiger partial charge in [-0.3, -0.25) is 24.3 Å². The molecule has 0 fully saturated rings.